The highest BCUT2D eigenvalue weighted by Crippen LogP contribution is 2.49. The maximum absolute atomic E-state index is 6.73. The Morgan fingerprint density at radius 1 is 0.900 bits per heavy atom. The second-order valence-electron chi connectivity index (χ2n) is 11.8. The van der Waals surface area contributed by atoms with Crippen molar-refractivity contribution in [2.45, 2.75) is 31.5 Å². The minimum Gasteiger partial charge on any atom is -0.363 e. The molecule has 3 aliphatic heterocycles. The molecular weight excluding hydrogens is 488 g/mol. The van der Waals surface area contributed by atoms with Crippen molar-refractivity contribution in [2.75, 3.05) is 19.7 Å². The number of pyridine rings is 1. The Morgan fingerprint density at radius 2 is 1.60 bits per heavy atom. The van der Waals surface area contributed by atoms with Crippen LogP contribution >= 0.6 is 0 Å². The van der Waals surface area contributed by atoms with Crippen LogP contribution in [-0.2, 0) is 11.3 Å². The molecule has 4 aromatic carbocycles. The van der Waals surface area contributed by atoms with Crippen LogP contribution in [0.15, 0.2) is 116 Å². The number of piperidine rings is 3. The van der Waals surface area contributed by atoms with E-state index in [0.717, 1.165) is 36.1 Å². The minimum atomic E-state index is -0.0510. The predicted molar refractivity (Wildman–Crippen MR) is 166 cm³/mol. The van der Waals surface area contributed by atoms with E-state index in [1.807, 2.05) is 12.3 Å². The quantitative estimate of drug-likeness (QED) is 0.115. The van der Waals surface area contributed by atoms with Crippen molar-refractivity contribution in [1.29, 1.82) is 0 Å². The molecule has 5 aromatic rings. The fourth-order valence-corrected chi connectivity index (χ4v) is 7.80. The molecule has 3 heteroatoms. The zero-order chi connectivity index (χ0) is 27.1. The van der Waals surface area contributed by atoms with Crippen molar-refractivity contribution in [3.8, 4) is 0 Å². The number of rotatable bonds is 8. The number of aromatic nitrogens is 1. The predicted octanol–water partition coefficient (Wildman–Crippen LogP) is 8.40. The van der Waals surface area contributed by atoms with Crippen LogP contribution in [-0.4, -0.2) is 35.2 Å². The van der Waals surface area contributed by atoms with E-state index < -0.39 is 0 Å². The third kappa shape index (κ3) is 4.25. The fraction of sp³-hybridized carbons (Fsp3) is 0.270. The van der Waals surface area contributed by atoms with Gasteiger partial charge in [-0.25, -0.2) is 0 Å². The molecule has 1 aromatic heterocycles. The lowest BCUT2D eigenvalue weighted by atomic mass is 9.71. The van der Waals surface area contributed by atoms with Gasteiger partial charge in [0.1, 0.15) is 18.7 Å². The van der Waals surface area contributed by atoms with Gasteiger partial charge in [-0.05, 0) is 45.7 Å². The second-order valence-corrected chi connectivity index (χ2v) is 11.8. The highest BCUT2D eigenvalue weighted by molar-refractivity contribution is 6.02. The number of quaternary nitrogens is 1. The number of para-hydroxylation sites is 1. The lowest BCUT2D eigenvalue weighted by molar-refractivity contribution is -0.984. The van der Waals surface area contributed by atoms with Crippen LogP contribution in [0.3, 0.4) is 0 Å². The third-order valence-electron chi connectivity index (χ3n) is 9.71. The Bertz CT molecular complexity index is 1670. The topological polar surface area (TPSA) is 22.1 Å². The Balaban J connectivity index is 1.39. The third-order valence-corrected chi connectivity index (χ3v) is 9.71. The maximum atomic E-state index is 6.73. The summed E-state index contributed by atoms with van der Waals surface area (Å²) >= 11 is 0. The molecule has 3 fully saturated rings. The van der Waals surface area contributed by atoms with E-state index >= 15 is 0 Å². The standard InChI is InChI=1S/C37H37N2O/c1-3-19-40-37(31-21-30-13-7-10-16-35(30)38-23-31)36-22-27-17-18-39(36,24-26(27)4-2)25-34-32-14-8-5-11-28(32)20-29-12-6-9-15-33(29)34/h3-16,20-21,23,26-27,36-37H,1-2,17-19,22,24-25H2/q+1/t26?,27?,36?,37-,39?/m1/s1. The van der Waals surface area contributed by atoms with E-state index in [9.17, 15) is 0 Å². The van der Waals surface area contributed by atoms with Gasteiger partial charge < -0.3 is 9.22 Å². The van der Waals surface area contributed by atoms with Crippen LogP contribution in [0.2, 0.25) is 0 Å². The summed E-state index contributed by atoms with van der Waals surface area (Å²) in [5.41, 5.74) is 3.66. The zero-order valence-electron chi connectivity index (χ0n) is 23.1. The van der Waals surface area contributed by atoms with Gasteiger partial charge in [-0.2, -0.15) is 0 Å². The van der Waals surface area contributed by atoms with Gasteiger partial charge >= 0.3 is 0 Å². The first-order chi connectivity index (χ1) is 19.7. The number of hydrogen-bond acceptors (Lipinski definition) is 2. The van der Waals surface area contributed by atoms with Crippen molar-refractivity contribution in [3.63, 3.8) is 0 Å². The summed E-state index contributed by atoms with van der Waals surface area (Å²) in [6.45, 7) is 12.1. The summed E-state index contributed by atoms with van der Waals surface area (Å²) in [7, 11) is 0. The first-order valence-corrected chi connectivity index (χ1v) is 14.6. The van der Waals surface area contributed by atoms with Crippen LogP contribution in [0, 0.1) is 11.8 Å². The van der Waals surface area contributed by atoms with Gasteiger partial charge in [0, 0.05) is 41.5 Å². The molecule has 3 aliphatic rings. The highest BCUT2D eigenvalue weighted by atomic mass is 16.5. The molecule has 0 amide bonds. The molecule has 5 atom stereocenters. The van der Waals surface area contributed by atoms with Gasteiger partial charge in [-0.15, -0.1) is 13.2 Å². The maximum Gasteiger partial charge on any atom is 0.136 e. The summed E-state index contributed by atoms with van der Waals surface area (Å²) in [6.07, 6.45) is 8.48. The van der Waals surface area contributed by atoms with Gasteiger partial charge in [0.05, 0.1) is 25.2 Å². The Morgan fingerprint density at radius 3 is 2.33 bits per heavy atom. The molecule has 8 rings (SSSR count). The van der Waals surface area contributed by atoms with E-state index in [2.05, 4.69) is 104 Å². The van der Waals surface area contributed by atoms with E-state index in [4.69, 9.17) is 9.72 Å². The molecule has 3 nitrogen and oxygen atoms in total. The molecule has 0 radical (unpaired) electrons. The second kappa shape index (κ2) is 10.3. The van der Waals surface area contributed by atoms with E-state index in [1.165, 1.54) is 44.5 Å². The summed E-state index contributed by atoms with van der Waals surface area (Å²) in [5.74, 6) is 1.18. The van der Waals surface area contributed by atoms with Crippen LogP contribution in [0.5, 0.6) is 0 Å². The van der Waals surface area contributed by atoms with Gasteiger partial charge in [0.2, 0.25) is 0 Å². The lowest BCUT2D eigenvalue weighted by Crippen LogP contribution is -2.67. The Hall–Kier alpha value is -3.79. The molecule has 0 saturated carbocycles. The first-order valence-electron chi connectivity index (χ1n) is 14.6. The largest absolute Gasteiger partial charge is 0.363 e. The van der Waals surface area contributed by atoms with Crippen LogP contribution in [0.1, 0.15) is 30.1 Å². The summed E-state index contributed by atoms with van der Waals surface area (Å²) < 4.78 is 7.74. The van der Waals surface area contributed by atoms with Crippen molar-refractivity contribution >= 4 is 32.4 Å². The normalized spacial score (nSPS) is 24.9. The fourth-order valence-electron chi connectivity index (χ4n) is 7.80. The van der Waals surface area contributed by atoms with Crippen molar-refractivity contribution in [2.24, 2.45) is 11.8 Å². The highest BCUT2D eigenvalue weighted by Gasteiger charge is 2.54. The minimum absolute atomic E-state index is 0.0510. The lowest BCUT2D eigenvalue weighted by Gasteiger charge is -2.58. The molecular formula is C37H37N2O+. The number of ether oxygens (including phenoxy) is 1. The molecule has 0 N–H and O–H groups in total. The summed E-state index contributed by atoms with van der Waals surface area (Å²) in [4.78, 5) is 4.86. The molecule has 4 heterocycles. The molecule has 0 spiro atoms. The van der Waals surface area contributed by atoms with Crippen LogP contribution in [0.4, 0.5) is 0 Å². The van der Waals surface area contributed by atoms with Crippen LogP contribution in [0.25, 0.3) is 32.4 Å². The number of benzene rings is 4. The molecule has 2 bridgehead atoms. The zero-order valence-corrected chi connectivity index (χ0v) is 23.1. The van der Waals surface area contributed by atoms with Crippen molar-refractivity contribution < 1.29 is 9.22 Å². The first kappa shape index (κ1) is 25.2. The number of nitrogens with zero attached hydrogens (tertiary/aromatic N) is 2. The van der Waals surface area contributed by atoms with Crippen molar-refractivity contribution in [1.82, 2.24) is 4.98 Å². The molecule has 0 aliphatic carbocycles. The van der Waals surface area contributed by atoms with Crippen molar-refractivity contribution in [3.05, 3.63) is 128 Å². The van der Waals surface area contributed by atoms with E-state index in [-0.39, 0.29) is 6.10 Å². The monoisotopic (exact) mass is 525 g/mol. The summed E-state index contributed by atoms with van der Waals surface area (Å²) in [5, 5.41) is 6.53. The molecule has 4 unspecified atom stereocenters. The number of hydrogen-bond donors (Lipinski definition) is 0. The Labute approximate surface area is 237 Å². The van der Waals surface area contributed by atoms with E-state index in [0.29, 0.717) is 24.5 Å². The molecule has 40 heavy (non-hydrogen) atoms. The average molecular weight is 526 g/mol. The van der Waals surface area contributed by atoms with Crippen LogP contribution < -0.4 is 0 Å². The summed E-state index contributed by atoms with van der Waals surface area (Å²) in [6, 6.07) is 31.2. The van der Waals surface area contributed by atoms with Gasteiger partial charge in [0.15, 0.2) is 0 Å². The Kier molecular flexibility index (Phi) is 6.50. The molecule has 200 valence electrons. The van der Waals surface area contributed by atoms with Gasteiger partial charge in [0.25, 0.3) is 0 Å². The molecule has 3 saturated heterocycles. The average Bonchev–Trinajstić information content (AvgIpc) is 3.01. The number of fused-ring (bicyclic) bond motifs is 6. The smallest absolute Gasteiger partial charge is 0.136 e. The SMILES string of the molecule is C=CCO[C@H](c1cnc2ccccc2c1)C1CC2CC[N+]1(Cc1c3ccccc3cc3ccccc13)CC2C=C. The van der Waals surface area contributed by atoms with Gasteiger partial charge in [-0.3, -0.25) is 4.98 Å². The van der Waals surface area contributed by atoms with E-state index in [1.54, 1.807) is 0 Å². The van der Waals surface area contributed by atoms with Gasteiger partial charge in [-0.1, -0.05) is 78.9 Å².